The molecule has 0 amide bonds. The Labute approximate surface area is 82.5 Å². The monoisotopic (exact) mass is 195 g/mol. The Balaban J connectivity index is 2.49. The number of aromatic hydroxyl groups is 1. The summed E-state index contributed by atoms with van der Waals surface area (Å²) < 4.78 is 13.1. The van der Waals surface area contributed by atoms with Gasteiger partial charge < -0.3 is 10.8 Å². The van der Waals surface area contributed by atoms with Crippen molar-refractivity contribution in [2.75, 3.05) is 0 Å². The highest BCUT2D eigenvalue weighted by Gasteiger charge is 2.17. The fraction of sp³-hybridized carbons (Fsp3) is 0.455. The van der Waals surface area contributed by atoms with Crippen LogP contribution < -0.4 is 5.73 Å². The van der Waals surface area contributed by atoms with Gasteiger partial charge in [-0.3, -0.25) is 0 Å². The number of rotatable bonds is 0. The Morgan fingerprint density at radius 3 is 2.93 bits per heavy atom. The summed E-state index contributed by atoms with van der Waals surface area (Å²) in [5.41, 5.74) is 7.77. The van der Waals surface area contributed by atoms with Crippen molar-refractivity contribution in [1.29, 1.82) is 0 Å². The van der Waals surface area contributed by atoms with Crippen LogP contribution in [-0.2, 0) is 6.42 Å². The highest BCUT2D eigenvalue weighted by molar-refractivity contribution is 5.38. The molecule has 0 radical (unpaired) electrons. The minimum Gasteiger partial charge on any atom is -0.505 e. The molecule has 1 aromatic carbocycles. The number of hydrogen-bond acceptors (Lipinski definition) is 2. The van der Waals surface area contributed by atoms with Gasteiger partial charge in [-0.1, -0.05) is 6.42 Å². The average Bonchev–Trinajstić information content (AvgIpc) is 2.31. The van der Waals surface area contributed by atoms with Gasteiger partial charge in [0.15, 0.2) is 11.6 Å². The lowest BCUT2D eigenvalue weighted by Crippen LogP contribution is -2.10. The second kappa shape index (κ2) is 3.58. The molecular weight excluding hydrogens is 181 g/mol. The fourth-order valence-electron chi connectivity index (χ4n) is 2.02. The lowest BCUT2D eigenvalue weighted by Gasteiger charge is -2.12. The lowest BCUT2D eigenvalue weighted by atomic mass is 9.99. The first-order chi connectivity index (χ1) is 6.68. The van der Waals surface area contributed by atoms with Crippen LogP contribution in [0.5, 0.6) is 5.75 Å². The van der Waals surface area contributed by atoms with E-state index < -0.39 is 5.82 Å². The molecule has 0 saturated heterocycles. The van der Waals surface area contributed by atoms with Crippen molar-refractivity contribution in [1.82, 2.24) is 0 Å². The van der Waals surface area contributed by atoms with Crippen LogP contribution in [0.2, 0.25) is 0 Å². The summed E-state index contributed by atoms with van der Waals surface area (Å²) in [5, 5.41) is 9.24. The Hall–Kier alpha value is -1.09. The normalized spacial score (nSPS) is 21.4. The zero-order chi connectivity index (χ0) is 10.1. The molecule has 0 aromatic heterocycles. The quantitative estimate of drug-likeness (QED) is 0.624. The number of fused-ring (bicyclic) bond motifs is 1. The van der Waals surface area contributed by atoms with E-state index in [9.17, 15) is 9.50 Å². The molecule has 0 bridgehead atoms. The molecule has 0 spiro atoms. The van der Waals surface area contributed by atoms with E-state index in [1.807, 2.05) is 0 Å². The van der Waals surface area contributed by atoms with Crippen molar-refractivity contribution in [2.24, 2.45) is 5.73 Å². The second-order valence-corrected chi connectivity index (χ2v) is 3.85. The first-order valence-electron chi connectivity index (χ1n) is 4.95. The molecule has 1 aromatic rings. The summed E-state index contributed by atoms with van der Waals surface area (Å²) in [6, 6.07) is 2.80. The lowest BCUT2D eigenvalue weighted by molar-refractivity contribution is 0.430. The van der Waals surface area contributed by atoms with Crippen molar-refractivity contribution < 1.29 is 9.50 Å². The van der Waals surface area contributed by atoms with Gasteiger partial charge in [-0.05, 0) is 42.5 Å². The number of hydrogen-bond donors (Lipinski definition) is 2. The maximum atomic E-state index is 13.1. The van der Waals surface area contributed by atoms with Crippen molar-refractivity contribution in [3.05, 3.63) is 29.1 Å². The zero-order valence-corrected chi connectivity index (χ0v) is 7.96. The molecule has 0 saturated carbocycles. The van der Waals surface area contributed by atoms with E-state index in [1.54, 1.807) is 0 Å². The second-order valence-electron chi connectivity index (χ2n) is 3.85. The Morgan fingerprint density at radius 2 is 2.14 bits per heavy atom. The predicted molar refractivity (Wildman–Crippen MR) is 52.5 cm³/mol. The molecule has 2 rings (SSSR count). The first-order valence-corrected chi connectivity index (χ1v) is 4.95. The van der Waals surface area contributed by atoms with E-state index in [4.69, 9.17) is 5.73 Å². The van der Waals surface area contributed by atoms with Crippen LogP contribution in [0.1, 0.15) is 36.4 Å². The highest BCUT2D eigenvalue weighted by atomic mass is 19.1. The number of aryl methyl sites for hydroxylation is 1. The van der Waals surface area contributed by atoms with Crippen LogP contribution in [0, 0.1) is 5.82 Å². The van der Waals surface area contributed by atoms with Gasteiger partial charge in [0.2, 0.25) is 0 Å². The van der Waals surface area contributed by atoms with E-state index in [1.165, 1.54) is 12.1 Å². The van der Waals surface area contributed by atoms with Crippen LogP contribution in [0.15, 0.2) is 12.1 Å². The number of phenols is 1. The summed E-state index contributed by atoms with van der Waals surface area (Å²) in [6.45, 7) is 0. The van der Waals surface area contributed by atoms with Gasteiger partial charge in [0, 0.05) is 6.04 Å². The van der Waals surface area contributed by atoms with Crippen LogP contribution in [0.25, 0.3) is 0 Å². The van der Waals surface area contributed by atoms with E-state index in [-0.39, 0.29) is 11.8 Å². The summed E-state index contributed by atoms with van der Waals surface area (Å²) >= 11 is 0. The molecule has 0 unspecified atom stereocenters. The van der Waals surface area contributed by atoms with Crippen molar-refractivity contribution >= 4 is 0 Å². The zero-order valence-electron chi connectivity index (χ0n) is 7.96. The van der Waals surface area contributed by atoms with Crippen LogP contribution in [0.4, 0.5) is 4.39 Å². The van der Waals surface area contributed by atoms with Gasteiger partial charge in [0.25, 0.3) is 0 Å². The first kappa shape index (κ1) is 9.46. The number of halogens is 1. The number of benzene rings is 1. The third-order valence-electron chi connectivity index (χ3n) is 2.82. The predicted octanol–water partition coefficient (Wildman–Crippen LogP) is 2.26. The Morgan fingerprint density at radius 1 is 1.36 bits per heavy atom. The fourth-order valence-corrected chi connectivity index (χ4v) is 2.02. The van der Waals surface area contributed by atoms with Crippen LogP contribution >= 0.6 is 0 Å². The summed E-state index contributed by atoms with van der Waals surface area (Å²) in [6.07, 6.45) is 3.91. The van der Waals surface area contributed by atoms with Gasteiger partial charge >= 0.3 is 0 Å². The van der Waals surface area contributed by atoms with E-state index >= 15 is 0 Å². The van der Waals surface area contributed by atoms with E-state index in [2.05, 4.69) is 0 Å². The molecule has 2 nitrogen and oxygen atoms in total. The molecular formula is C11H14FNO. The van der Waals surface area contributed by atoms with Crippen LogP contribution in [0.3, 0.4) is 0 Å². The summed E-state index contributed by atoms with van der Waals surface area (Å²) in [4.78, 5) is 0. The van der Waals surface area contributed by atoms with Crippen LogP contribution in [-0.4, -0.2) is 5.11 Å². The van der Waals surface area contributed by atoms with Gasteiger partial charge in [-0.2, -0.15) is 0 Å². The smallest absolute Gasteiger partial charge is 0.165 e. The molecule has 14 heavy (non-hydrogen) atoms. The van der Waals surface area contributed by atoms with E-state index in [0.29, 0.717) is 0 Å². The molecule has 1 aliphatic carbocycles. The minimum atomic E-state index is -0.568. The third-order valence-corrected chi connectivity index (χ3v) is 2.82. The maximum absolute atomic E-state index is 13.1. The molecule has 76 valence electrons. The summed E-state index contributed by atoms with van der Waals surface area (Å²) in [5.74, 6) is -0.834. The Bertz CT molecular complexity index is 351. The largest absolute Gasteiger partial charge is 0.505 e. The molecule has 0 heterocycles. The van der Waals surface area contributed by atoms with Gasteiger partial charge in [0.1, 0.15) is 0 Å². The van der Waals surface area contributed by atoms with Gasteiger partial charge in [-0.15, -0.1) is 0 Å². The highest BCUT2D eigenvalue weighted by Crippen LogP contribution is 2.31. The SMILES string of the molecule is N[C@H]1CCCCc2cc(O)c(F)cc21. The van der Waals surface area contributed by atoms with Crippen molar-refractivity contribution in [2.45, 2.75) is 31.7 Å². The topological polar surface area (TPSA) is 46.2 Å². The van der Waals surface area contributed by atoms with E-state index in [0.717, 1.165) is 36.8 Å². The van der Waals surface area contributed by atoms with Crippen molar-refractivity contribution in [3.63, 3.8) is 0 Å². The molecule has 1 aliphatic rings. The molecule has 0 aliphatic heterocycles. The minimum absolute atomic E-state index is 0.0809. The molecule has 0 fully saturated rings. The standard InChI is InChI=1S/C11H14FNO/c12-9-6-8-7(5-11(9)14)3-1-2-4-10(8)13/h5-6,10,14H,1-4,13H2/t10-/m0/s1. The van der Waals surface area contributed by atoms with Gasteiger partial charge in [-0.25, -0.2) is 4.39 Å². The maximum Gasteiger partial charge on any atom is 0.165 e. The molecule has 3 heteroatoms. The molecule has 1 atom stereocenters. The van der Waals surface area contributed by atoms with Crippen molar-refractivity contribution in [3.8, 4) is 5.75 Å². The molecule has 3 N–H and O–H groups in total. The third kappa shape index (κ3) is 1.60. The number of nitrogens with two attached hydrogens (primary N) is 1. The Kier molecular flexibility index (Phi) is 2.42. The number of phenolic OH excluding ortho intramolecular Hbond substituents is 1. The average molecular weight is 195 g/mol. The van der Waals surface area contributed by atoms with Gasteiger partial charge in [0.05, 0.1) is 0 Å². The summed E-state index contributed by atoms with van der Waals surface area (Å²) in [7, 11) is 0.